The van der Waals surface area contributed by atoms with E-state index in [-0.39, 0.29) is 6.61 Å². The fourth-order valence-electron chi connectivity index (χ4n) is 0.889. The lowest BCUT2D eigenvalue weighted by Gasteiger charge is -2.04. The van der Waals surface area contributed by atoms with Crippen molar-refractivity contribution in [1.29, 1.82) is 0 Å². The Morgan fingerprint density at radius 2 is 1.71 bits per heavy atom. The molecule has 0 aromatic heterocycles. The summed E-state index contributed by atoms with van der Waals surface area (Å²) in [5.41, 5.74) is 1.23. The first-order valence-corrected chi connectivity index (χ1v) is 5.13. The molecule has 14 heavy (non-hydrogen) atoms. The molecule has 0 bridgehead atoms. The van der Waals surface area contributed by atoms with E-state index in [1.165, 1.54) is 5.56 Å². The minimum Gasteiger partial charge on any atom is -0.494 e. The number of aliphatic hydroxyl groups is 1. The molecule has 0 radical (unpaired) electrons. The predicted octanol–water partition coefficient (Wildman–Crippen LogP) is 2.78. The van der Waals surface area contributed by atoms with Gasteiger partial charge in [-0.2, -0.15) is 0 Å². The molecule has 0 spiro atoms. The van der Waals surface area contributed by atoms with Crippen molar-refractivity contribution in [2.75, 3.05) is 13.2 Å². The molecule has 0 fully saturated rings. The molecule has 2 heteroatoms. The first-order chi connectivity index (χ1) is 6.83. The zero-order valence-electron chi connectivity index (χ0n) is 9.29. The number of hydrogen-bond donors (Lipinski definition) is 1. The molecule has 0 aliphatic carbocycles. The Labute approximate surface area is 86.5 Å². The van der Waals surface area contributed by atoms with Gasteiger partial charge in [0.2, 0.25) is 0 Å². The monoisotopic (exact) mass is 196 g/mol. The molecule has 0 unspecified atom stereocenters. The molecule has 1 rings (SSSR count). The second kappa shape index (κ2) is 8.57. The summed E-state index contributed by atoms with van der Waals surface area (Å²) in [5, 5.41) is 8.51. The first kappa shape index (κ1) is 13.0. The fraction of sp³-hybridized carbons (Fsp3) is 0.500. The van der Waals surface area contributed by atoms with Crippen LogP contribution in [0, 0.1) is 6.92 Å². The summed E-state index contributed by atoms with van der Waals surface area (Å²) in [4.78, 5) is 0. The standard InChI is InChI=1S/C10H14O2.C2H6/c1-9-3-5-10(6-4-9)12-8-2-7-11;1-2/h3-6,11H,2,7-8H2,1H3;1-2H3. The number of benzene rings is 1. The Morgan fingerprint density at radius 3 is 2.21 bits per heavy atom. The van der Waals surface area contributed by atoms with Crippen LogP contribution in [0.4, 0.5) is 0 Å². The molecular formula is C12H20O2. The topological polar surface area (TPSA) is 29.5 Å². The minimum absolute atomic E-state index is 0.186. The molecule has 80 valence electrons. The Bertz CT molecular complexity index is 216. The van der Waals surface area contributed by atoms with Gasteiger partial charge in [0.05, 0.1) is 6.61 Å². The highest BCUT2D eigenvalue weighted by atomic mass is 16.5. The third kappa shape index (κ3) is 5.60. The quantitative estimate of drug-likeness (QED) is 0.750. The second-order valence-corrected chi connectivity index (χ2v) is 2.74. The summed E-state index contributed by atoms with van der Waals surface area (Å²) in [6.07, 6.45) is 0.688. The zero-order valence-corrected chi connectivity index (χ0v) is 9.29. The lowest BCUT2D eigenvalue weighted by atomic mass is 10.2. The average molecular weight is 196 g/mol. The van der Waals surface area contributed by atoms with Crippen LogP contribution in [0.2, 0.25) is 0 Å². The van der Waals surface area contributed by atoms with Gasteiger partial charge in [0.15, 0.2) is 0 Å². The van der Waals surface area contributed by atoms with E-state index < -0.39 is 0 Å². The van der Waals surface area contributed by atoms with Crippen molar-refractivity contribution in [1.82, 2.24) is 0 Å². The summed E-state index contributed by atoms with van der Waals surface area (Å²) in [5.74, 6) is 0.869. The van der Waals surface area contributed by atoms with Gasteiger partial charge in [-0.15, -0.1) is 0 Å². The molecule has 0 saturated carbocycles. The molecule has 0 amide bonds. The van der Waals surface area contributed by atoms with E-state index in [1.54, 1.807) is 0 Å². The van der Waals surface area contributed by atoms with E-state index in [4.69, 9.17) is 9.84 Å². The summed E-state index contributed by atoms with van der Waals surface area (Å²) in [7, 11) is 0. The van der Waals surface area contributed by atoms with E-state index in [2.05, 4.69) is 0 Å². The van der Waals surface area contributed by atoms with Gasteiger partial charge in [0.1, 0.15) is 5.75 Å². The second-order valence-electron chi connectivity index (χ2n) is 2.74. The van der Waals surface area contributed by atoms with Crippen molar-refractivity contribution >= 4 is 0 Å². The van der Waals surface area contributed by atoms with Crippen molar-refractivity contribution in [2.45, 2.75) is 27.2 Å². The van der Waals surface area contributed by atoms with Crippen LogP contribution in [0.25, 0.3) is 0 Å². The molecule has 0 heterocycles. The van der Waals surface area contributed by atoms with Crippen molar-refractivity contribution in [2.24, 2.45) is 0 Å². The maximum Gasteiger partial charge on any atom is 0.119 e. The van der Waals surface area contributed by atoms with Crippen LogP contribution in [0.15, 0.2) is 24.3 Å². The summed E-state index contributed by atoms with van der Waals surface area (Å²) in [6.45, 7) is 6.81. The Balaban J connectivity index is 0.000000791. The van der Waals surface area contributed by atoms with Gasteiger partial charge >= 0.3 is 0 Å². The third-order valence-electron chi connectivity index (χ3n) is 1.59. The van der Waals surface area contributed by atoms with E-state index in [1.807, 2.05) is 45.0 Å². The molecule has 1 aromatic rings. The van der Waals surface area contributed by atoms with Gasteiger partial charge in [-0.05, 0) is 19.1 Å². The largest absolute Gasteiger partial charge is 0.494 e. The lowest BCUT2D eigenvalue weighted by Crippen LogP contribution is -1.99. The van der Waals surface area contributed by atoms with Crippen LogP contribution in [-0.4, -0.2) is 18.3 Å². The predicted molar refractivity (Wildman–Crippen MR) is 59.7 cm³/mol. The summed E-state index contributed by atoms with van der Waals surface area (Å²) >= 11 is 0. The van der Waals surface area contributed by atoms with Crippen LogP contribution in [0.1, 0.15) is 25.8 Å². The molecule has 0 atom stereocenters. The summed E-state index contributed by atoms with van der Waals surface area (Å²) < 4.78 is 5.34. The zero-order chi connectivity index (χ0) is 10.8. The third-order valence-corrected chi connectivity index (χ3v) is 1.59. The van der Waals surface area contributed by atoms with Crippen LogP contribution >= 0.6 is 0 Å². The summed E-state index contributed by atoms with van der Waals surface area (Å²) in [6, 6.07) is 7.89. The van der Waals surface area contributed by atoms with Crippen LogP contribution < -0.4 is 4.74 Å². The number of hydrogen-bond acceptors (Lipinski definition) is 2. The highest BCUT2D eigenvalue weighted by molar-refractivity contribution is 5.26. The number of ether oxygens (including phenoxy) is 1. The minimum atomic E-state index is 0.186. The molecule has 2 nitrogen and oxygen atoms in total. The highest BCUT2D eigenvalue weighted by Gasteiger charge is 1.91. The van der Waals surface area contributed by atoms with Crippen molar-refractivity contribution in [3.63, 3.8) is 0 Å². The van der Waals surface area contributed by atoms with Crippen LogP contribution in [0.3, 0.4) is 0 Å². The fourth-order valence-corrected chi connectivity index (χ4v) is 0.889. The van der Waals surface area contributed by atoms with Gasteiger partial charge in [-0.1, -0.05) is 31.5 Å². The van der Waals surface area contributed by atoms with Gasteiger partial charge in [-0.25, -0.2) is 0 Å². The molecule has 0 saturated heterocycles. The van der Waals surface area contributed by atoms with Gasteiger partial charge < -0.3 is 9.84 Å². The lowest BCUT2D eigenvalue weighted by molar-refractivity contribution is 0.233. The van der Waals surface area contributed by atoms with Crippen LogP contribution in [-0.2, 0) is 0 Å². The normalized spacial score (nSPS) is 8.86. The molecule has 0 aliphatic rings. The Kier molecular flexibility index (Phi) is 7.95. The maximum atomic E-state index is 8.51. The van der Waals surface area contributed by atoms with Gasteiger partial charge in [-0.3, -0.25) is 0 Å². The van der Waals surface area contributed by atoms with Crippen molar-refractivity contribution < 1.29 is 9.84 Å². The number of aryl methyl sites for hydroxylation is 1. The smallest absolute Gasteiger partial charge is 0.119 e. The number of rotatable bonds is 4. The van der Waals surface area contributed by atoms with Crippen molar-refractivity contribution in [3.8, 4) is 5.75 Å². The average Bonchev–Trinajstić information content (AvgIpc) is 2.24. The first-order valence-electron chi connectivity index (χ1n) is 5.13. The van der Waals surface area contributed by atoms with Gasteiger partial charge in [0.25, 0.3) is 0 Å². The van der Waals surface area contributed by atoms with Crippen molar-refractivity contribution in [3.05, 3.63) is 29.8 Å². The SMILES string of the molecule is CC.Cc1ccc(OCCCO)cc1. The molecular weight excluding hydrogens is 176 g/mol. The molecule has 0 aliphatic heterocycles. The highest BCUT2D eigenvalue weighted by Crippen LogP contribution is 2.11. The maximum absolute atomic E-state index is 8.51. The van der Waals surface area contributed by atoms with E-state index in [9.17, 15) is 0 Å². The van der Waals surface area contributed by atoms with E-state index in [0.29, 0.717) is 13.0 Å². The molecule has 1 N–H and O–H groups in total. The van der Waals surface area contributed by atoms with Crippen LogP contribution in [0.5, 0.6) is 5.75 Å². The number of aliphatic hydroxyl groups excluding tert-OH is 1. The Morgan fingerprint density at radius 1 is 1.14 bits per heavy atom. The molecule has 1 aromatic carbocycles. The van der Waals surface area contributed by atoms with E-state index in [0.717, 1.165) is 5.75 Å². The van der Waals surface area contributed by atoms with E-state index >= 15 is 0 Å². The van der Waals surface area contributed by atoms with Gasteiger partial charge in [0, 0.05) is 13.0 Å². The Hall–Kier alpha value is -1.02.